The number of quaternary nitrogens is 1. The lowest BCUT2D eigenvalue weighted by Gasteiger charge is -2.23. The molecule has 20 heavy (non-hydrogen) atoms. The number of nitrogens with one attached hydrogen (secondary N) is 4. The molecule has 0 heterocycles. The SMILES string of the molecule is CCCCNC(=N)NC(=N)N.C[N+](C)(C)CC(=O)[O-].Cl. The Hall–Kier alpha value is -1.54. The molecule has 0 aromatic rings. The maximum absolute atomic E-state index is 9.89. The lowest BCUT2D eigenvalue weighted by molar-refractivity contribution is -0.864. The van der Waals surface area contributed by atoms with Gasteiger partial charge in [0.05, 0.1) is 27.1 Å². The highest BCUT2D eigenvalue weighted by Gasteiger charge is 2.04. The Bertz CT molecular complexity index is 304. The van der Waals surface area contributed by atoms with Crippen molar-refractivity contribution in [2.75, 3.05) is 34.2 Å². The van der Waals surface area contributed by atoms with Crippen molar-refractivity contribution in [3.63, 3.8) is 0 Å². The largest absolute Gasteiger partial charge is 0.544 e. The Morgan fingerprint density at radius 2 is 1.80 bits per heavy atom. The molecule has 0 rings (SSSR count). The standard InChI is InChI=1S/C6H15N5.C5H11NO2.ClH/c1-2-3-4-10-6(9)11-5(7)8;1-6(2,3)4-5(7)8;/h2-4H2,1H3,(H6,7,8,9,10,11);4H2,1-3H3;1H. The number of carboxylic acid groups (broad SMARTS) is 1. The van der Waals surface area contributed by atoms with E-state index in [1.807, 2.05) is 0 Å². The van der Waals surface area contributed by atoms with Crippen LogP contribution in [0.2, 0.25) is 0 Å². The molecule has 0 atom stereocenters. The molecule has 0 aliphatic carbocycles. The molecule has 120 valence electrons. The molecule has 0 aromatic carbocycles. The lowest BCUT2D eigenvalue weighted by atomic mass is 10.3. The number of nitrogens with two attached hydrogens (primary N) is 1. The Labute approximate surface area is 126 Å². The number of nitrogens with zero attached hydrogens (tertiary/aromatic N) is 1. The normalized spacial score (nSPS) is 9.40. The number of rotatable bonds is 5. The minimum Gasteiger partial charge on any atom is -0.544 e. The fraction of sp³-hybridized carbons (Fsp3) is 0.727. The highest BCUT2D eigenvalue weighted by atomic mass is 35.5. The average molecular weight is 311 g/mol. The van der Waals surface area contributed by atoms with Gasteiger partial charge in [0.15, 0.2) is 11.9 Å². The van der Waals surface area contributed by atoms with Crippen molar-refractivity contribution >= 4 is 30.3 Å². The molecule has 0 aromatic heterocycles. The van der Waals surface area contributed by atoms with Crippen LogP contribution >= 0.6 is 12.4 Å². The number of hydrogen-bond donors (Lipinski definition) is 5. The lowest BCUT2D eigenvalue weighted by Crippen LogP contribution is -2.45. The summed E-state index contributed by atoms with van der Waals surface area (Å²) in [5, 5.41) is 28.9. The number of likely N-dealkylation sites (N-methyl/N-ethyl adjacent to an activating group) is 1. The zero-order chi connectivity index (χ0) is 15.5. The van der Waals surface area contributed by atoms with Gasteiger partial charge < -0.3 is 25.4 Å². The van der Waals surface area contributed by atoms with Gasteiger partial charge in [0, 0.05) is 6.54 Å². The van der Waals surface area contributed by atoms with Gasteiger partial charge in [0.25, 0.3) is 0 Å². The molecule has 6 N–H and O–H groups in total. The van der Waals surface area contributed by atoms with Gasteiger partial charge in [-0.25, -0.2) is 0 Å². The molecule has 0 fully saturated rings. The summed E-state index contributed by atoms with van der Waals surface area (Å²) < 4.78 is 0.419. The highest BCUT2D eigenvalue weighted by Crippen LogP contribution is 1.85. The monoisotopic (exact) mass is 310 g/mol. The fourth-order valence-corrected chi connectivity index (χ4v) is 0.956. The molecule has 8 nitrogen and oxygen atoms in total. The molecule has 0 radical (unpaired) electrons. The van der Waals surface area contributed by atoms with Crippen molar-refractivity contribution < 1.29 is 14.4 Å². The number of halogens is 1. The third-order valence-electron chi connectivity index (χ3n) is 1.70. The Balaban J connectivity index is -0.000000288. The summed E-state index contributed by atoms with van der Waals surface area (Å²) >= 11 is 0. The fourth-order valence-electron chi connectivity index (χ4n) is 0.956. The van der Waals surface area contributed by atoms with Crippen molar-refractivity contribution in [2.24, 2.45) is 5.73 Å². The van der Waals surface area contributed by atoms with Crippen LogP contribution in [0.3, 0.4) is 0 Å². The van der Waals surface area contributed by atoms with Gasteiger partial charge >= 0.3 is 0 Å². The summed E-state index contributed by atoms with van der Waals surface area (Å²) in [5.41, 5.74) is 4.99. The van der Waals surface area contributed by atoms with Crippen molar-refractivity contribution in [1.29, 1.82) is 10.8 Å². The second-order valence-electron chi connectivity index (χ2n) is 5.01. The Morgan fingerprint density at radius 3 is 2.05 bits per heavy atom. The second-order valence-corrected chi connectivity index (χ2v) is 5.01. The first-order valence-corrected chi connectivity index (χ1v) is 6.02. The molecule has 0 bridgehead atoms. The van der Waals surface area contributed by atoms with Crippen LogP contribution in [-0.4, -0.2) is 56.6 Å². The number of hydrogen-bond acceptors (Lipinski definition) is 4. The Morgan fingerprint density at radius 1 is 1.30 bits per heavy atom. The maximum atomic E-state index is 9.89. The van der Waals surface area contributed by atoms with E-state index in [0.29, 0.717) is 4.48 Å². The van der Waals surface area contributed by atoms with Gasteiger partial charge in [0.1, 0.15) is 6.54 Å². The molecule has 0 amide bonds. The van der Waals surface area contributed by atoms with Crippen LogP contribution < -0.4 is 21.5 Å². The minimum atomic E-state index is -1.00. The Kier molecular flexibility index (Phi) is 14.7. The zero-order valence-corrected chi connectivity index (χ0v) is 13.4. The summed E-state index contributed by atoms with van der Waals surface area (Å²) in [7, 11) is 5.40. The van der Waals surface area contributed by atoms with Crippen LogP contribution in [0.4, 0.5) is 0 Å². The van der Waals surface area contributed by atoms with Crippen molar-refractivity contribution in [2.45, 2.75) is 19.8 Å². The average Bonchev–Trinajstić information content (AvgIpc) is 2.13. The van der Waals surface area contributed by atoms with Gasteiger partial charge in [-0.1, -0.05) is 13.3 Å². The third-order valence-corrected chi connectivity index (χ3v) is 1.70. The summed E-state index contributed by atoms with van der Waals surface area (Å²) in [4.78, 5) is 9.89. The summed E-state index contributed by atoms with van der Waals surface area (Å²) in [6, 6.07) is 0. The van der Waals surface area contributed by atoms with Crippen molar-refractivity contribution in [3.8, 4) is 0 Å². The molecule has 0 unspecified atom stereocenters. The number of carbonyl (C=O) groups excluding carboxylic acids is 1. The molecular weight excluding hydrogens is 284 g/mol. The van der Waals surface area contributed by atoms with Gasteiger partial charge in [-0.05, 0) is 6.42 Å². The van der Waals surface area contributed by atoms with E-state index in [1.54, 1.807) is 21.1 Å². The van der Waals surface area contributed by atoms with Gasteiger partial charge in [-0.3, -0.25) is 16.1 Å². The summed E-state index contributed by atoms with van der Waals surface area (Å²) in [5.74, 6) is -1.12. The predicted octanol–water partition coefficient (Wildman–Crippen LogP) is -1.34. The quantitative estimate of drug-likeness (QED) is 0.185. The van der Waals surface area contributed by atoms with E-state index in [1.165, 1.54) is 0 Å². The molecular formula is C11H27ClN6O2. The van der Waals surface area contributed by atoms with E-state index >= 15 is 0 Å². The smallest absolute Gasteiger partial charge is 0.195 e. The molecule has 0 aliphatic heterocycles. The number of guanidine groups is 2. The molecule has 0 aliphatic rings. The number of carbonyl (C=O) groups is 1. The minimum absolute atomic E-state index is 0. The number of carboxylic acids is 1. The van der Waals surface area contributed by atoms with E-state index in [2.05, 4.69) is 17.6 Å². The molecule has 0 saturated carbocycles. The third kappa shape index (κ3) is 25.3. The van der Waals surface area contributed by atoms with E-state index in [0.717, 1.165) is 19.4 Å². The van der Waals surface area contributed by atoms with Crippen LogP contribution in [0.5, 0.6) is 0 Å². The second kappa shape index (κ2) is 12.5. The number of unbranched alkanes of at least 4 members (excludes halogenated alkanes) is 1. The topological polar surface area (TPSA) is 138 Å². The van der Waals surface area contributed by atoms with E-state index in [4.69, 9.17) is 16.6 Å². The van der Waals surface area contributed by atoms with Crippen LogP contribution in [-0.2, 0) is 4.79 Å². The number of aliphatic carboxylic acids is 1. The maximum Gasteiger partial charge on any atom is 0.195 e. The summed E-state index contributed by atoms with van der Waals surface area (Å²) in [6.07, 6.45) is 2.10. The predicted molar refractivity (Wildman–Crippen MR) is 80.8 cm³/mol. The molecule has 0 spiro atoms. The highest BCUT2D eigenvalue weighted by molar-refractivity contribution is 5.94. The first-order chi connectivity index (χ1) is 8.58. The van der Waals surface area contributed by atoms with E-state index < -0.39 is 5.97 Å². The summed E-state index contributed by atoms with van der Waals surface area (Å²) in [6.45, 7) is 2.89. The van der Waals surface area contributed by atoms with Crippen LogP contribution in [0, 0.1) is 10.8 Å². The molecule has 9 heteroatoms. The first-order valence-electron chi connectivity index (χ1n) is 6.02. The van der Waals surface area contributed by atoms with E-state index in [9.17, 15) is 9.90 Å². The van der Waals surface area contributed by atoms with E-state index in [-0.39, 0.29) is 30.9 Å². The van der Waals surface area contributed by atoms with Crippen molar-refractivity contribution in [3.05, 3.63) is 0 Å². The van der Waals surface area contributed by atoms with Crippen LogP contribution in [0.15, 0.2) is 0 Å². The van der Waals surface area contributed by atoms with Crippen LogP contribution in [0.25, 0.3) is 0 Å². The van der Waals surface area contributed by atoms with Crippen LogP contribution in [0.1, 0.15) is 19.8 Å². The first kappa shape index (κ1) is 23.5. The van der Waals surface area contributed by atoms with Gasteiger partial charge in [-0.15, -0.1) is 12.4 Å². The zero-order valence-electron chi connectivity index (χ0n) is 12.6. The van der Waals surface area contributed by atoms with Gasteiger partial charge in [0.2, 0.25) is 0 Å². The van der Waals surface area contributed by atoms with Crippen molar-refractivity contribution in [1.82, 2.24) is 10.6 Å². The molecule has 0 saturated heterocycles. The van der Waals surface area contributed by atoms with Gasteiger partial charge in [-0.2, -0.15) is 0 Å².